The van der Waals surface area contributed by atoms with Crippen molar-refractivity contribution in [1.29, 1.82) is 0 Å². The summed E-state index contributed by atoms with van der Waals surface area (Å²) in [5.41, 5.74) is 19.5. The minimum absolute atomic E-state index is 0.125. The lowest BCUT2D eigenvalue weighted by Crippen LogP contribution is -2.16. The van der Waals surface area contributed by atoms with E-state index in [1.807, 2.05) is 0 Å². The molecule has 1 aliphatic carbocycles. The lowest BCUT2D eigenvalue weighted by Gasteiger charge is -2.30. The van der Waals surface area contributed by atoms with Crippen LogP contribution < -0.4 is 4.90 Å². The molecule has 1 aromatic heterocycles. The Balaban J connectivity index is 0.963. The maximum absolute atomic E-state index is 2.47. The van der Waals surface area contributed by atoms with Crippen molar-refractivity contribution in [2.24, 2.45) is 0 Å². The molecular formula is C61H44N2. The lowest BCUT2D eigenvalue weighted by molar-refractivity contribution is 0.660. The second-order valence-electron chi connectivity index (χ2n) is 17.3. The smallest absolute Gasteiger partial charge is 0.0541 e. The highest BCUT2D eigenvalue weighted by Gasteiger charge is 2.36. The molecule has 10 aromatic carbocycles. The van der Waals surface area contributed by atoms with Crippen LogP contribution in [-0.2, 0) is 5.41 Å². The minimum atomic E-state index is -0.125. The highest BCUT2D eigenvalue weighted by molar-refractivity contribution is 6.11. The van der Waals surface area contributed by atoms with E-state index < -0.39 is 0 Å². The monoisotopic (exact) mass is 804 g/mol. The molecule has 0 amide bonds. The molecule has 0 aliphatic heterocycles. The van der Waals surface area contributed by atoms with Crippen LogP contribution in [0.5, 0.6) is 0 Å². The molecule has 0 saturated carbocycles. The normalized spacial score (nSPS) is 12.7. The van der Waals surface area contributed by atoms with Gasteiger partial charge >= 0.3 is 0 Å². The number of anilines is 3. The van der Waals surface area contributed by atoms with E-state index in [0.29, 0.717) is 0 Å². The fraction of sp³-hybridized carbons (Fsp3) is 0.0492. The number of rotatable bonds is 7. The van der Waals surface area contributed by atoms with E-state index in [-0.39, 0.29) is 5.41 Å². The van der Waals surface area contributed by atoms with Gasteiger partial charge in [-0.3, -0.25) is 0 Å². The molecular weight excluding hydrogens is 761 g/mol. The standard InChI is InChI=1S/C61H44N2/c1-61(2)56-26-13-11-23-51(56)52-34-33-48(40-57(52)61)62(59-37-35-49(43-16-5-3-6-17-43)50-22-9-10-24-53(50)59)47-21-15-18-44(38-47)41-28-30-42(31-29-41)45-32-36-60-55(39-45)54-25-12-14-27-58(54)63(60)46-19-7-4-8-20-46/h3-40H,1-2H3. The maximum atomic E-state index is 2.47. The van der Waals surface area contributed by atoms with E-state index >= 15 is 0 Å². The van der Waals surface area contributed by atoms with Crippen LogP contribution in [0.2, 0.25) is 0 Å². The van der Waals surface area contributed by atoms with Gasteiger partial charge in [0.05, 0.1) is 16.7 Å². The summed E-state index contributed by atoms with van der Waals surface area (Å²) in [5.74, 6) is 0. The minimum Gasteiger partial charge on any atom is -0.310 e. The third kappa shape index (κ3) is 6.02. The number of fused-ring (bicyclic) bond motifs is 7. The lowest BCUT2D eigenvalue weighted by atomic mass is 9.82. The fourth-order valence-electron chi connectivity index (χ4n) is 10.3. The SMILES string of the molecule is CC1(C)c2ccccc2-c2ccc(N(c3cccc(-c4ccc(-c5ccc6c(c5)c5ccccc5n6-c5ccccc5)cc4)c3)c3ccc(-c4ccccc4)c4ccccc34)cc21. The summed E-state index contributed by atoms with van der Waals surface area (Å²) in [4.78, 5) is 2.47. The predicted molar refractivity (Wildman–Crippen MR) is 267 cm³/mol. The maximum Gasteiger partial charge on any atom is 0.0541 e. The van der Waals surface area contributed by atoms with Gasteiger partial charge in [-0.25, -0.2) is 0 Å². The van der Waals surface area contributed by atoms with Crippen molar-refractivity contribution in [3.63, 3.8) is 0 Å². The molecule has 1 aliphatic rings. The third-order valence-electron chi connectivity index (χ3n) is 13.4. The molecule has 0 radical (unpaired) electrons. The van der Waals surface area contributed by atoms with Crippen molar-refractivity contribution in [3.8, 4) is 50.2 Å². The van der Waals surface area contributed by atoms with Gasteiger partial charge in [0, 0.05) is 38.6 Å². The van der Waals surface area contributed by atoms with Crippen molar-refractivity contribution >= 4 is 49.6 Å². The zero-order valence-corrected chi connectivity index (χ0v) is 35.3. The first-order chi connectivity index (χ1) is 31.0. The van der Waals surface area contributed by atoms with Crippen molar-refractivity contribution in [2.75, 3.05) is 4.90 Å². The van der Waals surface area contributed by atoms with Gasteiger partial charge in [-0.05, 0) is 122 Å². The fourth-order valence-corrected chi connectivity index (χ4v) is 10.3. The molecule has 0 fully saturated rings. The topological polar surface area (TPSA) is 8.17 Å². The summed E-state index contributed by atoms with van der Waals surface area (Å²) in [6, 6.07) is 84.6. The number of benzene rings is 10. The Bertz CT molecular complexity index is 3520. The summed E-state index contributed by atoms with van der Waals surface area (Å²) in [6.07, 6.45) is 0. The van der Waals surface area contributed by atoms with Gasteiger partial charge in [-0.15, -0.1) is 0 Å². The molecule has 0 bridgehead atoms. The van der Waals surface area contributed by atoms with Crippen LogP contribution >= 0.6 is 0 Å². The predicted octanol–water partition coefficient (Wildman–Crippen LogP) is 16.7. The van der Waals surface area contributed by atoms with Gasteiger partial charge < -0.3 is 9.47 Å². The summed E-state index contributed by atoms with van der Waals surface area (Å²) in [5, 5.41) is 4.96. The van der Waals surface area contributed by atoms with Gasteiger partial charge in [0.15, 0.2) is 0 Å². The molecule has 63 heavy (non-hydrogen) atoms. The highest BCUT2D eigenvalue weighted by atomic mass is 15.1. The first kappa shape index (κ1) is 36.9. The first-order valence-electron chi connectivity index (χ1n) is 21.9. The van der Waals surface area contributed by atoms with E-state index in [9.17, 15) is 0 Å². The van der Waals surface area contributed by atoms with Crippen LogP contribution in [0.3, 0.4) is 0 Å². The molecule has 0 unspecified atom stereocenters. The highest BCUT2D eigenvalue weighted by Crippen LogP contribution is 2.51. The van der Waals surface area contributed by atoms with E-state index in [0.717, 1.165) is 17.1 Å². The zero-order chi connectivity index (χ0) is 42.1. The summed E-state index contributed by atoms with van der Waals surface area (Å²) in [7, 11) is 0. The van der Waals surface area contributed by atoms with Crippen LogP contribution in [0.4, 0.5) is 17.1 Å². The number of nitrogens with zero attached hydrogens (tertiary/aromatic N) is 2. The zero-order valence-electron chi connectivity index (χ0n) is 35.3. The molecule has 12 rings (SSSR count). The second-order valence-corrected chi connectivity index (χ2v) is 17.3. The largest absolute Gasteiger partial charge is 0.310 e. The van der Waals surface area contributed by atoms with Gasteiger partial charge in [0.1, 0.15) is 0 Å². The van der Waals surface area contributed by atoms with Crippen LogP contribution in [0.15, 0.2) is 231 Å². The molecule has 0 saturated heterocycles. The average molecular weight is 805 g/mol. The van der Waals surface area contributed by atoms with Gasteiger partial charge in [0.25, 0.3) is 0 Å². The van der Waals surface area contributed by atoms with Crippen molar-refractivity contribution < 1.29 is 0 Å². The third-order valence-corrected chi connectivity index (χ3v) is 13.4. The quantitative estimate of drug-likeness (QED) is 0.156. The molecule has 2 heteroatoms. The molecule has 2 nitrogen and oxygen atoms in total. The Labute approximate surface area is 368 Å². The van der Waals surface area contributed by atoms with Crippen LogP contribution in [-0.4, -0.2) is 4.57 Å². The Kier molecular flexibility index (Phi) is 8.55. The van der Waals surface area contributed by atoms with Crippen LogP contribution in [0, 0.1) is 0 Å². The molecule has 0 atom stereocenters. The molecule has 298 valence electrons. The molecule has 11 aromatic rings. The van der Waals surface area contributed by atoms with Gasteiger partial charge in [0.2, 0.25) is 0 Å². The molecule has 0 spiro atoms. The Morgan fingerprint density at radius 3 is 1.70 bits per heavy atom. The summed E-state index contributed by atoms with van der Waals surface area (Å²) < 4.78 is 2.37. The Morgan fingerprint density at radius 2 is 0.905 bits per heavy atom. The molecule has 0 N–H and O–H groups in total. The van der Waals surface area contributed by atoms with E-state index in [1.165, 1.54) is 93.9 Å². The van der Waals surface area contributed by atoms with Crippen LogP contribution in [0.1, 0.15) is 25.0 Å². The molecule has 1 heterocycles. The van der Waals surface area contributed by atoms with E-state index in [1.54, 1.807) is 0 Å². The van der Waals surface area contributed by atoms with Crippen LogP contribution in [0.25, 0.3) is 82.8 Å². The Hall–Kier alpha value is -7.94. The summed E-state index contributed by atoms with van der Waals surface area (Å²) >= 11 is 0. The number of hydrogen-bond acceptors (Lipinski definition) is 1. The van der Waals surface area contributed by atoms with Crippen molar-refractivity contribution in [2.45, 2.75) is 19.3 Å². The van der Waals surface area contributed by atoms with Gasteiger partial charge in [-0.2, -0.15) is 0 Å². The first-order valence-corrected chi connectivity index (χ1v) is 21.9. The van der Waals surface area contributed by atoms with Crippen molar-refractivity contribution in [1.82, 2.24) is 4.57 Å². The number of hydrogen-bond donors (Lipinski definition) is 0. The summed E-state index contributed by atoms with van der Waals surface area (Å²) in [6.45, 7) is 4.72. The van der Waals surface area contributed by atoms with E-state index in [4.69, 9.17) is 0 Å². The average Bonchev–Trinajstić information content (AvgIpc) is 3.80. The second kappa shape index (κ2) is 14.6. The number of para-hydroxylation sites is 2. The Morgan fingerprint density at radius 1 is 0.333 bits per heavy atom. The number of aromatic nitrogens is 1. The van der Waals surface area contributed by atoms with Gasteiger partial charge in [-0.1, -0.05) is 184 Å². The van der Waals surface area contributed by atoms with E-state index in [2.05, 4.69) is 254 Å². The van der Waals surface area contributed by atoms with Crippen molar-refractivity contribution in [3.05, 3.63) is 242 Å².